The molecule has 1 aliphatic rings. The van der Waals surface area contributed by atoms with Gasteiger partial charge in [-0.25, -0.2) is 0 Å². The summed E-state index contributed by atoms with van der Waals surface area (Å²) in [5, 5.41) is 9.17. The molecule has 15 heavy (non-hydrogen) atoms. The van der Waals surface area contributed by atoms with Crippen LogP contribution in [0.2, 0.25) is 0 Å². The maximum Gasteiger partial charge on any atom is 0.401 e. The van der Waals surface area contributed by atoms with Crippen molar-refractivity contribution in [1.29, 1.82) is 0 Å². The number of fused-ring (bicyclic) bond motifs is 1. The maximum absolute atomic E-state index is 12.8. The fourth-order valence-electron chi connectivity index (χ4n) is 1.61. The zero-order valence-corrected chi connectivity index (χ0v) is 7.93. The van der Waals surface area contributed by atoms with Crippen molar-refractivity contribution < 1.29 is 23.0 Å². The van der Waals surface area contributed by atoms with Crippen LogP contribution in [0.1, 0.15) is 12.5 Å². The summed E-state index contributed by atoms with van der Waals surface area (Å²) in [6.45, 7) is 0.632. The summed E-state index contributed by atoms with van der Waals surface area (Å²) in [6, 6.07) is 3.76. The number of ether oxygens (including phenoxy) is 1. The molecule has 0 spiro atoms. The Hall–Kier alpha value is -1.39. The molecule has 1 aromatic rings. The summed E-state index contributed by atoms with van der Waals surface area (Å²) >= 11 is 0. The van der Waals surface area contributed by atoms with Crippen molar-refractivity contribution in [2.75, 3.05) is 6.61 Å². The van der Waals surface area contributed by atoms with Crippen molar-refractivity contribution in [3.8, 4) is 11.5 Å². The van der Waals surface area contributed by atoms with Gasteiger partial charge in [0, 0.05) is 5.56 Å². The third-order valence-corrected chi connectivity index (χ3v) is 2.70. The van der Waals surface area contributed by atoms with E-state index in [1.54, 1.807) is 0 Å². The van der Waals surface area contributed by atoms with Crippen LogP contribution in [-0.4, -0.2) is 17.9 Å². The molecule has 0 bridgehead atoms. The minimum Gasteiger partial charge on any atom is -0.508 e. The number of hydrogen-bond acceptors (Lipinski definition) is 2. The number of benzene rings is 1. The molecule has 0 amide bonds. The van der Waals surface area contributed by atoms with E-state index < -0.39 is 18.2 Å². The lowest BCUT2D eigenvalue weighted by Gasteiger charge is -2.25. The standard InChI is InChI=1S/C10H9F3O2/c1-9(10(11,12)13)5-15-8-3-2-6(14)4-7(8)9/h2-4,14H,5H2,1H3. The molecule has 1 aliphatic heterocycles. The molecule has 1 aromatic carbocycles. The van der Waals surface area contributed by atoms with Crippen LogP contribution in [0, 0.1) is 0 Å². The van der Waals surface area contributed by atoms with Crippen molar-refractivity contribution in [3.63, 3.8) is 0 Å². The average Bonchev–Trinajstić information content (AvgIpc) is 2.44. The summed E-state index contributed by atoms with van der Waals surface area (Å²) in [7, 11) is 0. The Bertz CT molecular complexity index is 400. The Kier molecular flexibility index (Phi) is 1.90. The summed E-state index contributed by atoms with van der Waals surface area (Å²) in [6.07, 6.45) is -4.38. The van der Waals surface area contributed by atoms with E-state index in [0.29, 0.717) is 0 Å². The topological polar surface area (TPSA) is 29.5 Å². The molecule has 0 radical (unpaired) electrons. The predicted molar refractivity (Wildman–Crippen MR) is 47.0 cm³/mol. The Balaban J connectivity index is 2.56. The SMILES string of the molecule is CC1(C(F)(F)F)COc2ccc(O)cc21. The Morgan fingerprint density at radius 2 is 2.07 bits per heavy atom. The van der Waals surface area contributed by atoms with E-state index in [4.69, 9.17) is 4.74 Å². The first-order valence-electron chi connectivity index (χ1n) is 4.37. The first kappa shape index (κ1) is 10.1. The third kappa shape index (κ3) is 1.33. The van der Waals surface area contributed by atoms with E-state index >= 15 is 0 Å². The Morgan fingerprint density at radius 3 is 2.67 bits per heavy atom. The van der Waals surface area contributed by atoms with E-state index in [0.717, 1.165) is 13.0 Å². The molecule has 1 unspecified atom stereocenters. The molecule has 2 nitrogen and oxygen atoms in total. The van der Waals surface area contributed by atoms with Crippen LogP contribution >= 0.6 is 0 Å². The van der Waals surface area contributed by atoms with Gasteiger partial charge in [0.1, 0.15) is 23.5 Å². The lowest BCUT2D eigenvalue weighted by atomic mass is 9.84. The number of halogens is 3. The van der Waals surface area contributed by atoms with Crippen molar-refractivity contribution in [2.24, 2.45) is 0 Å². The van der Waals surface area contributed by atoms with Crippen LogP contribution in [-0.2, 0) is 5.41 Å². The highest BCUT2D eigenvalue weighted by atomic mass is 19.4. The minimum atomic E-state index is -4.38. The normalized spacial score (nSPS) is 24.8. The summed E-state index contributed by atoms with van der Waals surface area (Å²) in [4.78, 5) is 0. The van der Waals surface area contributed by atoms with Gasteiger partial charge in [0.15, 0.2) is 0 Å². The van der Waals surface area contributed by atoms with E-state index in [1.165, 1.54) is 12.1 Å². The third-order valence-electron chi connectivity index (χ3n) is 2.70. The molecular formula is C10H9F3O2. The van der Waals surface area contributed by atoms with Crippen LogP contribution in [0.4, 0.5) is 13.2 Å². The highest BCUT2D eigenvalue weighted by Gasteiger charge is 2.57. The zero-order chi connectivity index (χ0) is 11.3. The van der Waals surface area contributed by atoms with Gasteiger partial charge in [0.05, 0.1) is 0 Å². The molecule has 1 atom stereocenters. The van der Waals surface area contributed by atoms with Gasteiger partial charge in [-0.05, 0) is 25.1 Å². The molecule has 82 valence electrons. The first-order chi connectivity index (χ1) is 6.84. The number of hydrogen-bond donors (Lipinski definition) is 1. The molecule has 5 heteroatoms. The minimum absolute atomic E-state index is 0.00463. The monoisotopic (exact) mass is 218 g/mol. The lowest BCUT2D eigenvalue weighted by molar-refractivity contribution is -0.187. The van der Waals surface area contributed by atoms with Gasteiger partial charge < -0.3 is 9.84 Å². The first-order valence-corrected chi connectivity index (χ1v) is 4.37. The summed E-state index contributed by atoms with van der Waals surface area (Å²) in [5.41, 5.74) is -2.03. The zero-order valence-electron chi connectivity index (χ0n) is 7.93. The Morgan fingerprint density at radius 1 is 1.40 bits per heavy atom. The Labute approximate surface area is 84.3 Å². The fourth-order valence-corrected chi connectivity index (χ4v) is 1.61. The lowest BCUT2D eigenvalue weighted by Crippen LogP contribution is -2.40. The molecular weight excluding hydrogens is 209 g/mol. The number of aromatic hydroxyl groups is 1. The van der Waals surface area contributed by atoms with Gasteiger partial charge in [-0.2, -0.15) is 13.2 Å². The molecule has 2 rings (SSSR count). The second-order valence-electron chi connectivity index (χ2n) is 3.80. The quantitative estimate of drug-likeness (QED) is 0.725. The number of phenols is 1. The van der Waals surface area contributed by atoms with Gasteiger partial charge in [0.2, 0.25) is 0 Å². The van der Waals surface area contributed by atoms with Gasteiger partial charge in [0.25, 0.3) is 0 Å². The number of rotatable bonds is 0. The molecule has 1 N–H and O–H groups in total. The largest absolute Gasteiger partial charge is 0.508 e. The van der Waals surface area contributed by atoms with E-state index in [2.05, 4.69) is 0 Å². The smallest absolute Gasteiger partial charge is 0.401 e. The summed E-state index contributed by atoms with van der Waals surface area (Å²) in [5.74, 6) is 0.00218. The summed E-state index contributed by atoms with van der Waals surface area (Å²) < 4.78 is 43.3. The molecule has 0 saturated heterocycles. The van der Waals surface area contributed by atoms with Crippen LogP contribution < -0.4 is 4.74 Å². The molecule has 0 aliphatic carbocycles. The van der Waals surface area contributed by atoms with Crippen LogP contribution in [0.15, 0.2) is 18.2 Å². The van der Waals surface area contributed by atoms with Crippen LogP contribution in [0.25, 0.3) is 0 Å². The molecule has 0 saturated carbocycles. The van der Waals surface area contributed by atoms with E-state index in [-0.39, 0.29) is 17.1 Å². The van der Waals surface area contributed by atoms with Crippen molar-refractivity contribution >= 4 is 0 Å². The van der Waals surface area contributed by atoms with Crippen molar-refractivity contribution in [3.05, 3.63) is 23.8 Å². The molecule has 0 aromatic heterocycles. The van der Waals surface area contributed by atoms with Crippen molar-refractivity contribution in [1.82, 2.24) is 0 Å². The highest BCUT2D eigenvalue weighted by Crippen LogP contribution is 2.49. The second kappa shape index (κ2) is 2.81. The van der Waals surface area contributed by atoms with E-state index in [9.17, 15) is 18.3 Å². The van der Waals surface area contributed by atoms with Crippen molar-refractivity contribution in [2.45, 2.75) is 18.5 Å². The fraction of sp³-hybridized carbons (Fsp3) is 0.400. The molecule has 0 fully saturated rings. The van der Waals surface area contributed by atoms with Gasteiger partial charge in [-0.15, -0.1) is 0 Å². The van der Waals surface area contributed by atoms with Gasteiger partial charge in [-0.1, -0.05) is 0 Å². The van der Waals surface area contributed by atoms with Gasteiger partial charge >= 0.3 is 6.18 Å². The highest BCUT2D eigenvalue weighted by molar-refractivity contribution is 5.48. The van der Waals surface area contributed by atoms with Gasteiger partial charge in [-0.3, -0.25) is 0 Å². The van der Waals surface area contributed by atoms with Crippen LogP contribution in [0.3, 0.4) is 0 Å². The predicted octanol–water partition coefficient (Wildman–Crippen LogP) is 2.60. The number of alkyl halides is 3. The maximum atomic E-state index is 12.8. The molecule has 1 heterocycles. The number of phenolic OH excluding ortho intramolecular Hbond substituents is 1. The average molecular weight is 218 g/mol. The van der Waals surface area contributed by atoms with E-state index in [1.807, 2.05) is 0 Å². The van der Waals surface area contributed by atoms with Crippen LogP contribution in [0.5, 0.6) is 11.5 Å². The second-order valence-corrected chi connectivity index (χ2v) is 3.80.